The van der Waals surface area contributed by atoms with Gasteiger partial charge in [-0.1, -0.05) is 0 Å². The first-order valence-corrected chi connectivity index (χ1v) is 6.32. The largest absolute Gasteiger partial charge is 0.481 e. The van der Waals surface area contributed by atoms with Crippen molar-refractivity contribution in [3.05, 3.63) is 23.4 Å². The molecule has 7 nitrogen and oxygen atoms in total. The van der Waals surface area contributed by atoms with Crippen LogP contribution in [0.1, 0.15) is 22.3 Å². The molecule has 7 heteroatoms. The second-order valence-corrected chi connectivity index (χ2v) is 4.71. The van der Waals surface area contributed by atoms with Crippen molar-refractivity contribution < 1.29 is 19.4 Å². The Bertz CT molecular complexity index is 532. The number of aromatic nitrogens is 1. The number of carbonyl (C=O) groups excluding carboxylic acids is 1. The number of carboxylic acids is 1. The van der Waals surface area contributed by atoms with Gasteiger partial charge in [-0.25, -0.2) is 4.98 Å². The van der Waals surface area contributed by atoms with Crippen molar-refractivity contribution in [3.8, 4) is 0 Å². The Labute approximate surface area is 116 Å². The molecule has 0 radical (unpaired) electrons. The van der Waals surface area contributed by atoms with Gasteiger partial charge < -0.3 is 20.5 Å². The van der Waals surface area contributed by atoms with E-state index in [0.717, 1.165) is 5.56 Å². The molecule has 1 amide bonds. The second kappa shape index (κ2) is 5.87. The summed E-state index contributed by atoms with van der Waals surface area (Å²) < 4.78 is 5.32. The number of nitrogens with zero attached hydrogens (tertiary/aromatic N) is 2. The number of pyridine rings is 1. The van der Waals surface area contributed by atoms with E-state index in [9.17, 15) is 9.59 Å². The van der Waals surface area contributed by atoms with Crippen LogP contribution in [0.5, 0.6) is 0 Å². The molecule has 108 valence electrons. The molecular formula is C13H17N3O4. The standard InChI is InChI=1S/C13H17N3O4/c1-8-2-3-15-13(11(8)12(14)19)16-4-5-20-7-9(16)6-10(17)18/h2-3,9H,4-7H2,1H3,(H2,14,19)(H,17,18). The van der Waals surface area contributed by atoms with Gasteiger partial charge in [-0.15, -0.1) is 0 Å². The summed E-state index contributed by atoms with van der Waals surface area (Å²) >= 11 is 0. The lowest BCUT2D eigenvalue weighted by atomic mass is 10.1. The minimum absolute atomic E-state index is 0.0756. The Kier molecular flexibility index (Phi) is 4.19. The smallest absolute Gasteiger partial charge is 0.305 e. The van der Waals surface area contributed by atoms with Crippen molar-refractivity contribution in [2.45, 2.75) is 19.4 Å². The summed E-state index contributed by atoms with van der Waals surface area (Å²) in [6.45, 7) is 3.01. The van der Waals surface area contributed by atoms with Crippen LogP contribution in [-0.2, 0) is 9.53 Å². The lowest BCUT2D eigenvalue weighted by Gasteiger charge is -2.36. The van der Waals surface area contributed by atoms with Crippen LogP contribution in [0, 0.1) is 6.92 Å². The fourth-order valence-electron chi connectivity index (χ4n) is 2.37. The molecule has 20 heavy (non-hydrogen) atoms. The van der Waals surface area contributed by atoms with E-state index in [4.69, 9.17) is 15.6 Å². The van der Waals surface area contributed by atoms with Crippen molar-refractivity contribution in [2.75, 3.05) is 24.7 Å². The molecule has 0 spiro atoms. The number of rotatable bonds is 4. The van der Waals surface area contributed by atoms with E-state index in [2.05, 4.69) is 4.98 Å². The number of nitrogens with two attached hydrogens (primary N) is 1. The molecule has 0 saturated carbocycles. The summed E-state index contributed by atoms with van der Waals surface area (Å²) in [6, 6.07) is 1.35. The van der Waals surface area contributed by atoms with Gasteiger partial charge in [0.2, 0.25) is 0 Å². The number of anilines is 1. The molecule has 0 aliphatic carbocycles. The molecule has 1 aliphatic heterocycles. The number of aryl methyl sites for hydroxylation is 1. The fraction of sp³-hybridized carbons (Fsp3) is 0.462. The molecule has 1 saturated heterocycles. The molecule has 1 atom stereocenters. The number of hydrogen-bond acceptors (Lipinski definition) is 5. The van der Waals surface area contributed by atoms with E-state index in [-0.39, 0.29) is 12.5 Å². The molecule has 1 unspecified atom stereocenters. The first-order chi connectivity index (χ1) is 9.50. The van der Waals surface area contributed by atoms with E-state index in [1.54, 1.807) is 24.1 Å². The Balaban J connectivity index is 2.39. The number of aliphatic carboxylic acids is 1. The third-order valence-electron chi connectivity index (χ3n) is 3.30. The molecule has 1 aromatic rings. The number of hydrogen-bond donors (Lipinski definition) is 2. The minimum atomic E-state index is -0.918. The Morgan fingerprint density at radius 3 is 3.00 bits per heavy atom. The molecule has 3 N–H and O–H groups in total. The van der Waals surface area contributed by atoms with Crippen molar-refractivity contribution in [1.29, 1.82) is 0 Å². The zero-order chi connectivity index (χ0) is 14.7. The zero-order valence-corrected chi connectivity index (χ0v) is 11.2. The van der Waals surface area contributed by atoms with Gasteiger partial charge in [0, 0.05) is 12.7 Å². The maximum absolute atomic E-state index is 11.6. The monoisotopic (exact) mass is 279 g/mol. The average molecular weight is 279 g/mol. The number of amides is 1. The number of ether oxygens (including phenoxy) is 1. The maximum atomic E-state index is 11.6. The summed E-state index contributed by atoms with van der Waals surface area (Å²) in [7, 11) is 0. The second-order valence-electron chi connectivity index (χ2n) is 4.71. The highest BCUT2D eigenvalue weighted by atomic mass is 16.5. The van der Waals surface area contributed by atoms with Gasteiger partial charge in [0.15, 0.2) is 0 Å². The Morgan fingerprint density at radius 1 is 1.60 bits per heavy atom. The van der Waals surface area contributed by atoms with Crippen molar-refractivity contribution in [1.82, 2.24) is 4.98 Å². The summed E-state index contributed by atoms with van der Waals surface area (Å²) in [4.78, 5) is 28.6. The Hall–Kier alpha value is -2.15. The predicted molar refractivity (Wildman–Crippen MR) is 71.7 cm³/mol. The topological polar surface area (TPSA) is 106 Å². The fourth-order valence-corrected chi connectivity index (χ4v) is 2.37. The third-order valence-corrected chi connectivity index (χ3v) is 3.30. The van der Waals surface area contributed by atoms with Gasteiger partial charge in [-0.05, 0) is 18.6 Å². The number of morpholine rings is 1. The number of carbonyl (C=O) groups is 2. The SMILES string of the molecule is Cc1ccnc(N2CCOCC2CC(=O)O)c1C(N)=O. The molecule has 1 aliphatic rings. The van der Waals surface area contributed by atoms with Gasteiger partial charge >= 0.3 is 5.97 Å². The maximum Gasteiger partial charge on any atom is 0.305 e. The third kappa shape index (κ3) is 2.88. The number of primary amides is 1. The van der Waals surface area contributed by atoms with Gasteiger partial charge in [0.1, 0.15) is 5.82 Å². The first kappa shape index (κ1) is 14.3. The highest BCUT2D eigenvalue weighted by molar-refractivity contribution is 5.99. The molecule has 2 heterocycles. The lowest BCUT2D eigenvalue weighted by Crippen LogP contribution is -2.47. The minimum Gasteiger partial charge on any atom is -0.481 e. The first-order valence-electron chi connectivity index (χ1n) is 6.32. The summed E-state index contributed by atoms with van der Waals surface area (Å²) in [5, 5.41) is 8.97. The quantitative estimate of drug-likeness (QED) is 0.813. The number of carboxylic acid groups (broad SMARTS) is 1. The van der Waals surface area contributed by atoms with E-state index >= 15 is 0 Å². The lowest BCUT2D eigenvalue weighted by molar-refractivity contribution is -0.138. The van der Waals surface area contributed by atoms with E-state index in [0.29, 0.717) is 31.1 Å². The van der Waals surface area contributed by atoms with Crippen molar-refractivity contribution >= 4 is 17.7 Å². The van der Waals surface area contributed by atoms with Crippen LogP contribution < -0.4 is 10.6 Å². The summed E-state index contributed by atoms with van der Waals surface area (Å²) in [5.41, 5.74) is 6.48. The van der Waals surface area contributed by atoms with Gasteiger partial charge in [0.25, 0.3) is 5.91 Å². The van der Waals surface area contributed by atoms with Crippen LogP contribution in [0.3, 0.4) is 0 Å². The normalized spacial score (nSPS) is 18.9. The van der Waals surface area contributed by atoms with Crippen LogP contribution in [0.2, 0.25) is 0 Å². The van der Waals surface area contributed by atoms with E-state index in [1.807, 2.05) is 0 Å². The van der Waals surface area contributed by atoms with Gasteiger partial charge in [-0.2, -0.15) is 0 Å². The van der Waals surface area contributed by atoms with E-state index < -0.39 is 11.9 Å². The molecule has 1 aromatic heterocycles. The molecule has 0 bridgehead atoms. The molecule has 1 fully saturated rings. The van der Waals surface area contributed by atoms with Crippen molar-refractivity contribution in [2.24, 2.45) is 5.73 Å². The van der Waals surface area contributed by atoms with Crippen LogP contribution >= 0.6 is 0 Å². The van der Waals surface area contributed by atoms with Gasteiger partial charge in [0.05, 0.1) is 31.2 Å². The van der Waals surface area contributed by atoms with Gasteiger partial charge in [-0.3, -0.25) is 9.59 Å². The molecule has 2 rings (SSSR count). The predicted octanol–water partition coefficient (Wildman–Crippen LogP) is 0.169. The molecule has 0 aromatic carbocycles. The van der Waals surface area contributed by atoms with Crippen LogP contribution in [-0.4, -0.2) is 47.8 Å². The van der Waals surface area contributed by atoms with Crippen LogP contribution in [0.15, 0.2) is 12.3 Å². The van der Waals surface area contributed by atoms with Crippen LogP contribution in [0.4, 0.5) is 5.82 Å². The Morgan fingerprint density at radius 2 is 2.35 bits per heavy atom. The zero-order valence-electron chi connectivity index (χ0n) is 11.2. The van der Waals surface area contributed by atoms with Crippen LogP contribution in [0.25, 0.3) is 0 Å². The highest BCUT2D eigenvalue weighted by Gasteiger charge is 2.29. The summed E-state index contributed by atoms with van der Waals surface area (Å²) in [6.07, 6.45) is 1.51. The summed E-state index contributed by atoms with van der Waals surface area (Å²) in [5.74, 6) is -1.04. The average Bonchev–Trinajstić information content (AvgIpc) is 2.38. The van der Waals surface area contributed by atoms with Crippen molar-refractivity contribution in [3.63, 3.8) is 0 Å². The van der Waals surface area contributed by atoms with E-state index in [1.165, 1.54) is 0 Å². The molecular weight excluding hydrogens is 262 g/mol. The highest BCUT2D eigenvalue weighted by Crippen LogP contribution is 2.25.